The maximum absolute atomic E-state index is 12.8. The predicted octanol–water partition coefficient (Wildman–Crippen LogP) is 3.21. The van der Waals surface area contributed by atoms with Gasteiger partial charge in [0.15, 0.2) is 0 Å². The zero-order valence-corrected chi connectivity index (χ0v) is 21.0. The Kier molecular flexibility index (Phi) is 7.02. The Morgan fingerprint density at radius 3 is 2.71 bits per heavy atom. The number of amides is 1. The molecular formula is C25H36N8O. The number of nitrogens with one attached hydrogen (secondary N) is 1. The van der Waals surface area contributed by atoms with Crippen molar-refractivity contribution in [3.8, 4) is 0 Å². The summed E-state index contributed by atoms with van der Waals surface area (Å²) >= 11 is 0. The number of nitrogens with zero attached hydrogens (tertiary/aromatic N) is 7. The number of fused-ring (bicyclic) bond motifs is 3. The van der Waals surface area contributed by atoms with Crippen molar-refractivity contribution in [1.29, 1.82) is 0 Å². The van der Waals surface area contributed by atoms with Crippen molar-refractivity contribution in [2.24, 2.45) is 10.9 Å². The molecule has 0 aromatic carbocycles. The molecule has 0 saturated carbocycles. The second-order valence-electron chi connectivity index (χ2n) is 9.44. The maximum atomic E-state index is 12.8. The van der Waals surface area contributed by atoms with Crippen LogP contribution in [-0.2, 0) is 0 Å². The second-order valence-corrected chi connectivity index (χ2v) is 9.44. The summed E-state index contributed by atoms with van der Waals surface area (Å²) in [6, 6.07) is 2.07. The summed E-state index contributed by atoms with van der Waals surface area (Å²) in [6.45, 7) is 15.0. The summed E-state index contributed by atoms with van der Waals surface area (Å²) in [5.41, 5.74) is 2.63. The number of piperazine rings is 1. The summed E-state index contributed by atoms with van der Waals surface area (Å²) in [5.74, 6) is 1.44. The fraction of sp³-hybridized carbons (Fsp3) is 0.520. The Morgan fingerprint density at radius 2 is 2.03 bits per heavy atom. The Labute approximate surface area is 201 Å². The minimum atomic E-state index is 0.0184. The molecule has 0 aliphatic carbocycles. The highest BCUT2D eigenvalue weighted by atomic mass is 16.2. The van der Waals surface area contributed by atoms with Crippen molar-refractivity contribution in [2.75, 3.05) is 52.1 Å². The van der Waals surface area contributed by atoms with E-state index >= 15 is 0 Å². The van der Waals surface area contributed by atoms with Crippen LogP contribution in [0.5, 0.6) is 0 Å². The van der Waals surface area contributed by atoms with Gasteiger partial charge in [-0.05, 0) is 44.8 Å². The Hall–Kier alpha value is -3.20. The molecule has 1 saturated heterocycles. The third-order valence-electron chi connectivity index (χ3n) is 7.13. The molecule has 1 amide bonds. The summed E-state index contributed by atoms with van der Waals surface area (Å²) in [5, 5.41) is 4.05. The number of carbonyl (C=O) groups is 1. The summed E-state index contributed by atoms with van der Waals surface area (Å²) in [4.78, 5) is 32.7. The van der Waals surface area contributed by atoms with Crippen LogP contribution in [0.2, 0.25) is 0 Å². The molecule has 182 valence electrons. The lowest BCUT2D eigenvalue weighted by atomic mass is 9.96. The molecular weight excluding hydrogens is 428 g/mol. The maximum Gasteiger partial charge on any atom is 0.270 e. The SMILES string of the molecule is C=N/C(=C\C=C(/C)N1CCN(C)CC1)Nc1ncc2cc3n(c2n1)[C@@H](C(C)CC)CN(C)C3=O. The minimum absolute atomic E-state index is 0.0184. The molecule has 2 atom stereocenters. The number of rotatable bonds is 7. The summed E-state index contributed by atoms with van der Waals surface area (Å²) in [7, 11) is 4.01. The fourth-order valence-electron chi connectivity index (χ4n) is 4.63. The highest BCUT2D eigenvalue weighted by Gasteiger charge is 2.34. The highest BCUT2D eigenvalue weighted by molar-refractivity contribution is 5.98. The van der Waals surface area contributed by atoms with Gasteiger partial charge in [-0.25, -0.2) is 9.98 Å². The number of aliphatic imine (C=N–C) groups is 1. The number of carbonyl (C=O) groups excluding carboxylic acids is 1. The van der Waals surface area contributed by atoms with Crippen molar-refractivity contribution in [3.63, 3.8) is 0 Å². The van der Waals surface area contributed by atoms with Crippen LogP contribution in [0.25, 0.3) is 11.0 Å². The normalized spacial score (nSPS) is 21.1. The molecule has 9 nitrogen and oxygen atoms in total. The number of hydrogen-bond acceptors (Lipinski definition) is 7. The molecule has 4 rings (SSSR count). The van der Waals surface area contributed by atoms with Crippen LogP contribution in [0.15, 0.2) is 40.9 Å². The van der Waals surface area contributed by atoms with Gasteiger partial charge in [-0.3, -0.25) is 4.79 Å². The lowest BCUT2D eigenvalue weighted by molar-refractivity contribution is 0.0692. The average molecular weight is 465 g/mol. The Balaban J connectivity index is 1.61. The lowest BCUT2D eigenvalue weighted by Gasteiger charge is -2.35. The first-order chi connectivity index (χ1) is 16.3. The number of allylic oxidation sites excluding steroid dienone is 3. The van der Waals surface area contributed by atoms with E-state index in [1.165, 1.54) is 5.70 Å². The molecule has 1 N–H and O–H groups in total. The van der Waals surface area contributed by atoms with Gasteiger partial charge in [0.25, 0.3) is 5.91 Å². The molecule has 34 heavy (non-hydrogen) atoms. The van der Waals surface area contributed by atoms with E-state index in [0.29, 0.717) is 29.9 Å². The molecule has 9 heteroatoms. The van der Waals surface area contributed by atoms with Crippen molar-refractivity contribution >= 4 is 29.6 Å². The third kappa shape index (κ3) is 4.70. The fourth-order valence-corrected chi connectivity index (χ4v) is 4.63. The van der Waals surface area contributed by atoms with Gasteiger partial charge in [0.05, 0.1) is 6.04 Å². The number of anilines is 1. The average Bonchev–Trinajstić information content (AvgIpc) is 3.22. The van der Waals surface area contributed by atoms with Gasteiger partial charge in [0, 0.05) is 57.1 Å². The van der Waals surface area contributed by atoms with Crippen LogP contribution >= 0.6 is 0 Å². The molecule has 1 fully saturated rings. The van der Waals surface area contributed by atoms with Crippen LogP contribution in [0.4, 0.5) is 5.95 Å². The molecule has 0 bridgehead atoms. The van der Waals surface area contributed by atoms with E-state index in [2.05, 4.69) is 64.2 Å². The molecule has 2 aliphatic heterocycles. The molecule has 2 aromatic rings. The van der Waals surface area contributed by atoms with Crippen molar-refractivity contribution < 1.29 is 4.79 Å². The van der Waals surface area contributed by atoms with Crippen LogP contribution in [0, 0.1) is 5.92 Å². The van der Waals surface area contributed by atoms with Crippen LogP contribution in [-0.4, -0.2) is 88.7 Å². The van der Waals surface area contributed by atoms with E-state index in [1.807, 2.05) is 25.3 Å². The lowest BCUT2D eigenvalue weighted by Crippen LogP contribution is -2.43. The van der Waals surface area contributed by atoms with Crippen LogP contribution in [0.1, 0.15) is 43.7 Å². The minimum Gasteiger partial charge on any atom is -0.372 e. The van der Waals surface area contributed by atoms with Crippen LogP contribution < -0.4 is 5.32 Å². The van der Waals surface area contributed by atoms with Crippen molar-refractivity contribution in [1.82, 2.24) is 29.2 Å². The van der Waals surface area contributed by atoms with Gasteiger partial charge in [0.2, 0.25) is 5.95 Å². The molecule has 2 aliphatic rings. The third-order valence-corrected chi connectivity index (χ3v) is 7.13. The topological polar surface area (TPSA) is 81.9 Å². The van der Waals surface area contributed by atoms with Gasteiger partial charge >= 0.3 is 0 Å². The number of likely N-dealkylation sites (N-methyl/N-ethyl adjacent to an activating group) is 2. The van der Waals surface area contributed by atoms with E-state index in [1.54, 1.807) is 11.1 Å². The first-order valence-corrected chi connectivity index (χ1v) is 12.0. The van der Waals surface area contributed by atoms with Gasteiger partial charge in [-0.15, -0.1) is 0 Å². The van der Waals surface area contributed by atoms with Crippen LogP contribution in [0.3, 0.4) is 0 Å². The smallest absolute Gasteiger partial charge is 0.270 e. The monoisotopic (exact) mass is 464 g/mol. The van der Waals surface area contributed by atoms with E-state index in [4.69, 9.17) is 4.98 Å². The van der Waals surface area contributed by atoms with E-state index in [9.17, 15) is 4.79 Å². The van der Waals surface area contributed by atoms with Gasteiger partial charge in [-0.2, -0.15) is 4.98 Å². The molecule has 4 heterocycles. The first kappa shape index (κ1) is 23.9. The number of hydrogen-bond donors (Lipinski definition) is 1. The standard InChI is InChI=1S/C25H36N8O/c1-7-17(2)21-16-31(6)24(34)20-14-19-15-27-25(29-23(19)33(20)21)28-22(26-4)9-8-18(3)32-12-10-30(5)11-13-32/h8-9,14-15,17,21H,4,7,10-13,16H2,1-3,5-6H3,(H,27,28,29)/b18-8+,22-9+/t17?,21-/m1/s1. The van der Waals surface area contributed by atoms with Crippen molar-refractivity contribution in [3.05, 3.63) is 41.6 Å². The molecule has 2 aromatic heterocycles. The van der Waals surface area contributed by atoms with Gasteiger partial charge < -0.3 is 24.6 Å². The second kappa shape index (κ2) is 9.97. The summed E-state index contributed by atoms with van der Waals surface area (Å²) < 4.78 is 2.10. The number of aromatic nitrogens is 3. The quantitative estimate of drug-likeness (QED) is 0.501. The zero-order chi connectivity index (χ0) is 24.4. The highest BCUT2D eigenvalue weighted by Crippen LogP contribution is 2.33. The van der Waals surface area contributed by atoms with Crippen molar-refractivity contribution in [2.45, 2.75) is 33.2 Å². The Bertz CT molecular complexity index is 1130. The van der Waals surface area contributed by atoms with Gasteiger partial charge in [-0.1, -0.05) is 20.3 Å². The summed E-state index contributed by atoms with van der Waals surface area (Å²) in [6.07, 6.45) is 6.74. The van der Waals surface area contributed by atoms with E-state index in [0.717, 1.165) is 43.6 Å². The largest absolute Gasteiger partial charge is 0.372 e. The molecule has 0 radical (unpaired) electrons. The Morgan fingerprint density at radius 1 is 1.29 bits per heavy atom. The van der Waals surface area contributed by atoms with E-state index < -0.39 is 0 Å². The predicted molar refractivity (Wildman–Crippen MR) is 137 cm³/mol. The molecule has 1 unspecified atom stereocenters. The molecule has 0 spiro atoms. The zero-order valence-electron chi connectivity index (χ0n) is 21.0. The first-order valence-electron chi connectivity index (χ1n) is 12.0. The van der Waals surface area contributed by atoms with E-state index in [-0.39, 0.29) is 11.9 Å². The van der Waals surface area contributed by atoms with Gasteiger partial charge in [0.1, 0.15) is 17.2 Å².